The molecule has 0 rings (SSSR count). The van der Waals surface area contributed by atoms with Crippen molar-refractivity contribution in [3.05, 3.63) is 0 Å². The zero-order valence-corrected chi connectivity index (χ0v) is 5.21. The first kappa shape index (κ1) is 15.7. The molecule has 0 saturated carbocycles. The molecule has 0 aliphatic carbocycles. The molecule has 0 aromatic carbocycles. The van der Waals surface area contributed by atoms with Gasteiger partial charge in [0.1, 0.15) is 0 Å². The summed E-state index contributed by atoms with van der Waals surface area (Å²) in [5.41, 5.74) is 0. The molecule has 0 spiro atoms. The van der Waals surface area contributed by atoms with Gasteiger partial charge in [-0.25, -0.2) is 0 Å². The summed E-state index contributed by atoms with van der Waals surface area (Å²) in [6, 6.07) is 0. The van der Waals surface area contributed by atoms with Gasteiger partial charge >= 0.3 is 32.8 Å². The molecule has 0 aromatic rings. The van der Waals surface area contributed by atoms with Crippen LogP contribution in [-0.4, -0.2) is 18.8 Å². The third-order valence-electron chi connectivity index (χ3n) is 0. The Morgan fingerprint density at radius 3 is 0.875 bits per heavy atom. The van der Waals surface area contributed by atoms with E-state index in [2.05, 4.69) is 0 Å². The third kappa shape index (κ3) is 7430. The standard InChI is InChI=1S/4H2O.3O.Ru/h4*1H2;;;;/q;;;;;;;+2/p-2. The Labute approximate surface area is 44.5 Å². The Morgan fingerprint density at radius 1 is 0.875 bits per heavy atom. The van der Waals surface area contributed by atoms with Crippen molar-refractivity contribution in [2.45, 2.75) is 0 Å². The van der Waals surface area contributed by atoms with Crippen LogP contribution in [-0.2, 0) is 24.9 Å². The quantitative estimate of drug-likeness (QED) is 0.412. The van der Waals surface area contributed by atoms with E-state index in [9.17, 15) is 0 Å². The van der Waals surface area contributed by atoms with Crippen LogP contribution in [0.2, 0.25) is 0 Å². The SMILES string of the molecule is O.O.[O]=[Ru](=[O])(=[O])([OH])[OH]. The fraction of sp³-hybridized carbons (Fsp3) is 0. The van der Waals surface area contributed by atoms with Crippen LogP contribution in [0.3, 0.4) is 0 Å². The average Bonchev–Trinajstić information content (AvgIpc) is 0.650. The van der Waals surface area contributed by atoms with Gasteiger partial charge in [-0.2, -0.15) is 0 Å². The first-order valence-corrected chi connectivity index (χ1v) is 4.43. The molecule has 7 nitrogen and oxygen atoms in total. The number of hydrogen-bond donors (Lipinski definition) is 2. The van der Waals surface area contributed by atoms with Crippen molar-refractivity contribution in [3.8, 4) is 0 Å². The van der Waals surface area contributed by atoms with Gasteiger partial charge in [-0.1, -0.05) is 0 Å². The van der Waals surface area contributed by atoms with Crippen LogP contribution in [0.15, 0.2) is 0 Å². The molecule has 0 aromatic heterocycles. The van der Waals surface area contributed by atoms with E-state index in [0.29, 0.717) is 0 Å². The minimum atomic E-state index is -7.22. The van der Waals surface area contributed by atoms with Gasteiger partial charge in [0.2, 0.25) is 0 Å². The van der Waals surface area contributed by atoms with Gasteiger partial charge in [-0.15, -0.1) is 0 Å². The normalized spacial score (nSPS) is 14.0. The van der Waals surface area contributed by atoms with Crippen molar-refractivity contribution < 1.29 is 43.7 Å². The van der Waals surface area contributed by atoms with Gasteiger partial charge < -0.3 is 11.0 Å². The predicted molar refractivity (Wildman–Crippen MR) is 13.7 cm³/mol. The molecular weight excluding hydrogens is 213 g/mol. The molecule has 0 aliphatic heterocycles. The van der Waals surface area contributed by atoms with Crippen LogP contribution < -0.4 is 0 Å². The van der Waals surface area contributed by atoms with Crippen LogP contribution in [0.4, 0.5) is 0 Å². The van der Waals surface area contributed by atoms with Gasteiger partial charge in [-0.3, -0.25) is 0 Å². The molecule has 0 heterocycles. The first-order chi connectivity index (χ1) is 2.24. The van der Waals surface area contributed by atoms with Crippen LogP contribution in [0, 0.1) is 0 Å². The molecule has 0 amide bonds. The monoisotopic (exact) mass is 220 g/mol. The summed E-state index contributed by atoms with van der Waals surface area (Å²) in [5.74, 6) is 0. The zero-order valence-electron chi connectivity index (χ0n) is 3.47. The summed E-state index contributed by atoms with van der Waals surface area (Å²) in [4.78, 5) is 0. The van der Waals surface area contributed by atoms with Gasteiger partial charge in [0.25, 0.3) is 0 Å². The molecular formula is H6O7Ru. The van der Waals surface area contributed by atoms with Gasteiger partial charge in [0, 0.05) is 0 Å². The summed E-state index contributed by atoms with van der Waals surface area (Å²) in [7, 11) is 0. The van der Waals surface area contributed by atoms with Crippen LogP contribution in [0.1, 0.15) is 0 Å². The van der Waals surface area contributed by atoms with Crippen molar-refractivity contribution in [2.24, 2.45) is 0 Å². The van der Waals surface area contributed by atoms with Gasteiger partial charge in [0.15, 0.2) is 0 Å². The summed E-state index contributed by atoms with van der Waals surface area (Å²) < 4.78 is 40.7. The molecule has 0 radical (unpaired) electrons. The molecule has 0 fully saturated rings. The van der Waals surface area contributed by atoms with E-state index in [0.717, 1.165) is 0 Å². The molecule has 56 valence electrons. The van der Waals surface area contributed by atoms with E-state index in [-0.39, 0.29) is 11.0 Å². The molecule has 0 unspecified atom stereocenters. The molecule has 8 heteroatoms. The average molecular weight is 219 g/mol. The Kier molecular flexibility index (Phi) is 4.75. The van der Waals surface area contributed by atoms with Crippen LogP contribution >= 0.6 is 0 Å². The molecule has 0 aliphatic rings. The van der Waals surface area contributed by atoms with Gasteiger partial charge in [-0.05, 0) is 0 Å². The fourth-order valence-corrected chi connectivity index (χ4v) is 0. The van der Waals surface area contributed by atoms with E-state index in [1.165, 1.54) is 0 Å². The zero-order chi connectivity index (χ0) is 5.45. The predicted octanol–water partition coefficient (Wildman–Crippen LogP) is -3.12. The summed E-state index contributed by atoms with van der Waals surface area (Å²) in [6.07, 6.45) is 0. The van der Waals surface area contributed by atoms with Crippen molar-refractivity contribution in [2.75, 3.05) is 0 Å². The van der Waals surface area contributed by atoms with E-state index in [1.54, 1.807) is 0 Å². The third-order valence-corrected chi connectivity index (χ3v) is 0. The maximum absolute atomic E-state index is 8.86. The second-order valence-electron chi connectivity index (χ2n) is 0.635. The first-order valence-electron chi connectivity index (χ1n) is 0.749. The number of hydrogen-bond acceptors (Lipinski definition) is 3. The summed E-state index contributed by atoms with van der Waals surface area (Å²) >= 11 is -7.22. The van der Waals surface area contributed by atoms with Crippen LogP contribution in [0.5, 0.6) is 0 Å². The fourth-order valence-electron chi connectivity index (χ4n) is 0. The minimum absolute atomic E-state index is 0. The molecule has 0 bridgehead atoms. The number of rotatable bonds is 0. The molecule has 0 saturated heterocycles. The Morgan fingerprint density at radius 2 is 0.875 bits per heavy atom. The van der Waals surface area contributed by atoms with Crippen molar-refractivity contribution in [1.82, 2.24) is 0 Å². The second-order valence-corrected chi connectivity index (χ2v) is 3.76. The second kappa shape index (κ2) is 2.43. The Balaban J connectivity index is -0.000000125. The summed E-state index contributed by atoms with van der Waals surface area (Å²) in [5, 5.41) is 0. The Bertz CT molecular complexity index is 183. The van der Waals surface area contributed by atoms with Crippen molar-refractivity contribution in [1.29, 1.82) is 0 Å². The molecule has 6 N–H and O–H groups in total. The van der Waals surface area contributed by atoms with Crippen molar-refractivity contribution in [3.63, 3.8) is 0 Å². The van der Waals surface area contributed by atoms with Crippen LogP contribution in [0.25, 0.3) is 0 Å². The summed E-state index contributed by atoms with van der Waals surface area (Å²) in [6.45, 7) is 0. The van der Waals surface area contributed by atoms with Crippen molar-refractivity contribution >= 4 is 0 Å². The Hall–Kier alpha value is -0.137. The van der Waals surface area contributed by atoms with E-state index < -0.39 is 14.2 Å². The molecule has 0 atom stereocenters. The van der Waals surface area contributed by atoms with Gasteiger partial charge in [0.05, 0.1) is 0 Å². The maximum atomic E-state index is 8.86. The van der Waals surface area contributed by atoms with E-state index in [4.69, 9.17) is 18.6 Å². The molecule has 8 heavy (non-hydrogen) atoms. The topological polar surface area (TPSA) is 155 Å². The van der Waals surface area contributed by atoms with E-state index >= 15 is 0 Å². The van der Waals surface area contributed by atoms with E-state index in [1.807, 2.05) is 0 Å².